The number of ether oxygens (including phenoxy) is 2. The van der Waals surface area contributed by atoms with Crippen LogP contribution in [0.25, 0.3) is 10.8 Å². The molecule has 0 aromatic heterocycles. The van der Waals surface area contributed by atoms with E-state index in [1.807, 2.05) is 0 Å². The molecule has 4 rings (SSSR count). The van der Waals surface area contributed by atoms with Gasteiger partial charge in [0.05, 0.1) is 19.8 Å². The summed E-state index contributed by atoms with van der Waals surface area (Å²) in [6.45, 7) is 2.20. The predicted octanol–water partition coefficient (Wildman–Crippen LogP) is 4.91. The van der Waals surface area contributed by atoms with Crippen molar-refractivity contribution >= 4 is 22.5 Å². The largest absolute Gasteiger partial charge is 0.374 e. The monoisotopic (exact) mass is 322 g/mol. The van der Waals surface area contributed by atoms with Crippen LogP contribution < -0.4 is 0 Å². The molecule has 1 fully saturated rings. The van der Waals surface area contributed by atoms with Crippen LogP contribution in [-0.4, -0.2) is 19.3 Å². The van der Waals surface area contributed by atoms with Crippen molar-refractivity contribution in [3.8, 4) is 0 Å². The Morgan fingerprint density at radius 3 is 2.43 bits per heavy atom. The summed E-state index contributed by atoms with van der Waals surface area (Å²) in [5, 5.41) is 2.56. The molecule has 1 aliphatic rings. The zero-order chi connectivity index (χ0) is 15.5. The quantitative estimate of drug-likeness (QED) is 0.602. The van der Waals surface area contributed by atoms with Crippen LogP contribution in [0.4, 0.5) is 0 Å². The highest BCUT2D eigenvalue weighted by molar-refractivity contribution is 7.99. The summed E-state index contributed by atoms with van der Waals surface area (Å²) in [5.74, 6) is 0. The first-order valence-corrected chi connectivity index (χ1v) is 8.63. The van der Waals surface area contributed by atoms with Crippen molar-refractivity contribution in [1.29, 1.82) is 0 Å². The molecular weight excluding hydrogens is 304 g/mol. The first kappa shape index (κ1) is 14.8. The lowest BCUT2D eigenvalue weighted by molar-refractivity contribution is 0.104. The van der Waals surface area contributed by atoms with Gasteiger partial charge in [-0.2, -0.15) is 0 Å². The van der Waals surface area contributed by atoms with Crippen LogP contribution in [-0.2, 0) is 16.1 Å². The molecule has 0 spiro atoms. The van der Waals surface area contributed by atoms with E-state index >= 15 is 0 Å². The maximum absolute atomic E-state index is 5.62. The third-order valence-corrected chi connectivity index (χ3v) is 4.85. The first-order valence-electron chi connectivity index (χ1n) is 7.82. The minimum Gasteiger partial charge on any atom is -0.374 e. The average molecular weight is 322 g/mol. The van der Waals surface area contributed by atoms with Gasteiger partial charge in [0.2, 0.25) is 0 Å². The van der Waals surface area contributed by atoms with Crippen LogP contribution in [0, 0.1) is 0 Å². The Kier molecular flexibility index (Phi) is 4.33. The van der Waals surface area contributed by atoms with Gasteiger partial charge in [-0.25, -0.2) is 0 Å². The van der Waals surface area contributed by atoms with E-state index < -0.39 is 0 Å². The molecule has 1 heterocycles. The molecule has 3 heteroatoms. The Morgan fingerprint density at radius 2 is 1.65 bits per heavy atom. The molecular formula is C20H18O2S. The third kappa shape index (κ3) is 3.94. The van der Waals surface area contributed by atoms with Gasteiger partial charge in [-0.05, 0) is 40.6 Å². The van der Waals surface area contributed by atoms with E-state index in [-0.39, 0.29) is 0 Å². The second kappa shape index (κ2) is 6.75. The van der Waals surface area contributed by atoms with Crippen LogP contribution in [0.15, 0.2) is 76.5 Å². The summed E-state index contributed by atoms with van der Waals surface area (Å²) in [7, 11) is 0. The fraction of sp³-hybridized carbons (Fsp3) is 0.200. The van der Waals surface area contributed by atoms with Gasteiger partial charge in [-0.15, -0.1) is 0 Å². The van der Waals surface area contributed by atoms with Crippen LogP contribution in [0.3, 0.4) is 0 Å². The molecule has 3 aromatic carbocycles. The van der Waals surface area contributed by atoms with Gasteiger partial charge in [-0.1, -0.05) is 54.2 Å². The van der Waals surface area contributed by atoms with Gasteiger partial charge in [0.25, 0.3) is 0 Å². The van der Waals surface area contributed by atoms with E-state index in [1.165, 1.54) is 26.1 Å². The SMILES string of the molecule is c1ccc2cc(Sc3ccc(COCC4CO4)cc3)ccc2c1. The minimum atomic E-state index is 0.331. The van der Waals surface area contributed by atoms with Crippen molar-refractivity contribution in [3.63, 3.8) is 0 Å². The number of benzene rings is 3. The first-order chi connectivity index (χ1) is 11.4. The molecule has 3 aromatic rings. The number of hydrogen-bond acceptors (Lipinski definition) is 3. The zero-order valence-electron chi connectivity index (χ0n) is 12.8. The fourth-order valence-electron chi connectivity index (χ4n) is 2.49. The summed E-state index contributed by atoms with van der Waals surface area (Å²) >= 11 is 1.79. The second-order valence-electron chi connectivity index (χ2n) is 5.73. The molecule has 23 heavy (non-hydrogen) atoms. The number of epoxide rings is 1. The molecule has 0 bridgehead atoms. The summed E-state index contributed by atoms with van der Waals surface area (Å²) < 4.78 is 10.8. The fourth-order valence-corrected chi connectivity index (χ4v) is 3.36. The van der Waals surface area contributed by atoms with Gasteiger partial charge in [0.1, 0.15) is 6.10 Å². The number of rotatable bonds is 6. The van der Waals surface area contributed by atoms with Gasteiger partial charge < -0.3 is 9.47 Å². The van der Waals surface area contributed by atoms with Crippen molar-refractivity contribution in [2.75, 3.05) is 13.2 Å². The molecule has 0 saturated carbocycles. The number of fused-ring (bicyclic) bond motifs is 1. The molecule has 1 aliphatic heterocycles. The van der Waals surface area contributed by atoms with Crippen LogP contribution >= 0.6 is 11.8 Å². The highest BCUT2D eigenvalue weighted by Crippen LogP contribution is 2.30. The number of hydrogen-bond donors (Lipinski definition) is 0. The molecule has 0 amide bonds. The summed E-state index contributed by atoms with van der Waals surface area (Å²) in [6, 6.07) is 23.6. The Hall–Kier alpha value is -1.81. The molecule has 1 atom stereocenters. The summed E-state index contributed by atoms with van der Waals surface area (Å²) in [5.41, 5.74) is 1.20. The average Bonchev–Trinajstić information content (AvgIpc) is 3.41. The van der Waals surface area contributed by atoms with Crippen molar-refractivity contribution in [2.24, 2.45) is 0 Å². The van der Waals surface area contributed by atoms with Gasteiger partial charge in [0.15, 0.2) is 0 Å². The highest BCUT2D eigenvalue weighted by atomic mass is 32.2. The second-order valence-corrected chi connectivity index (χ2v) is 6.87. The molecule has 2 nitrogen and oxygen atoms in total. The third-order valence-electron chi connectivity index (χ3n) is 3.85. The molecule has 1 saturated heterocycles. The Labute approximate surface area is 140 Å². The van der Waals surface area contributed by atoms with Crippen LogP contribution in [0.5, 0.6) is 0 Å². The maximum Gasteiger partial charge on any atom is 0.104 e. The van der Waals surface area contributed by atoms with Crippen molar-refractivity contribution in [3.05, 3.63) is 72.3 Å². The maximum atomic E-state index is 5.62. The lowest BCUT2D eigenvalue weighted by Crippen LogP contribution is -2.01. The lowest BCUT2D eigenvalue weighted by atomic mass is 10.1. The van der Waals surface area contributed by atoms with E-state index in [4.69, 9.17) is 9.47 Å². The topological polar surface area (TPSA) is 21.8 Å². The minimum absolute atomic E-state index is 0.331. The standard InChI is InChI=1S/C20H18O2S/c1-2-4-17-11-20(10-7-16(17)3-1)23-19-8-5-15(6-9-19)12-21-13-18-14-22-18/h1-11,18H,12-14H2. The smallest absolute Gasteiger partial charge is 0.104 e. The normalized spacial score (nSPS) is 16.6. The zero-order valence-corrected chi connectivity index (χ0v) is 13.6. The van der Waals surface area contributed by atoms with Crippen molar-refractivity contribution < 1.29 is 9.47 Å². The summed E-state index contributed by atoms with van der Waals surface area (Å²) in [6.07, 6.45) is 0.331. The lowest BCUT2D eigenvalue weighted by Gasteiger charge is -2.06. The molecule has 1 unspecified atom stereocenters. The van der Waals surface area contributed by atoms with Gasteiger partial charge >= 0.3 is 0 Å². The Balaban J connectivity index is 1.40. The van der Waals surface area contributed by atoms with Gasteiger partial charge in [-0.3, -0.25) is 0 Å². The van der Waals surface area contributed by atoms with E-state index in [0.717, 1.165) is 6.61 Å². The van der Waals surface area contributed by atoms with Gasteiger partial charge in [0, 0.05) is 9.79 Å². The summed E-state index contributed by atoms with van der Waals surface area (Å²) in [4.78, 5) is 2.51. The van der Waals surface area contributed by atoms with Crippen molar-refractivity contribution in [2.45, 2.75) is 22.5 Å². The molecule has 0 aliphatic carbocycles. The molecule has 0 N–H and O–H groups in total. The molecule has 0 radical (unpaired) electrons. The molecule has 116 valence electrons. The van der Waals surface area contributed by atoms with Crippen LogP contribution in [0.1, 0.15) is 5.56 Å². The highest BCUT2D eigenvalue weighted by Gasteiger charge is 2.22. The van der Waals surface area contributed by atoms with E-state index in [0.29, 0.717) is 19.3 Å². The van der Waals surface area contributed by atoms with E-state index in [1.54, 1.807) is 11.8 Å². The van der Waals surface area contributed by atoms with E-state index in [9.17, 15) is 0 Å². The van der Waals surface area contributed by atoms with Crippen molar-refractivity contribution in [1.82, 2.24) is 0 Å². The van der Waals surface area contributed by atoms with E-state index in [2.05, 4.69) is 66.7 Å². The van der Waals surface area contributed by atoms with Crippen LogP contribution in [0.2, 0.25) is 0 Å². The Morgan fingerprint density at radius 1 is 0.913 bits per heavy atom. The Bertz CT molecular complexity index is 794. The predicted molar refractivity (Wildman–Crippen MR) is 93.9 cm³/mol.